The highest BCUT2D eigenvalue weighted by atomic mass is 79.9. The Morgan fingerprint density at radius 3 is 2.74 bits per heavy atom. The number of benzene rings is 1. The van der Waals surface area contributed by atoms with Crippen molar-refractivity contribution in [1.82, 2.24) is 9.88 Å². The summed E-state index contributed by atoms with van der Waals surface area (Å²) in [6, 6.07) is 9.13. The molecule has 23 heavy (non-hydrogen) atoms. The van der Waals surface area contributed by atoms with Gasteiger partial charge in [0.2, 0.25) is 0 Å². The Labute approximate surface area is 150 Å². The average molecular weight is 401 g/mol. The number of halogens is 2. The van der Waals surface area contributed by atoms with Gasteiger partial charge in [0.05, 0.1) is 12.8 Å². The highest BCUT2D eigenvalue weighted by Crippen LogP contribution is 2.24. The van der Waals surface area contributed by atoms with Crippen LogP contribution in [0.1, 0.15) is 21.6 Å². The number of aromatic nitrogens is 1. The van der Waals surface area contributed by atoms with Gasteiger partial charge in [0.25, 0.3) is 5.91 Å². The highest BCUT2D eigenvalue weighted by Gasteiger charge is 2.15. The smallest absolute Gasteiger partial charge is 0.254 e. The molecule has 1 heterocycles. The van der Waals surface area contributed by atoms with Gasteiger partial charge in [0.15, 0.2) is 0 Å². The van der Waals surface area contributed by atoms with E-state index in [2.05, 4.69) is 20.9 Å². The number of ether oxygens (including phenoxy) is 1. The maximum Gasteiger partial charge on any atom is 0.254 e. The van der Waals surface area contributed by atoms with E-state index < -0.39 is 0 Å². The molecule has 2 N–H and O–H groups in total. The summed E-state index contributed by atoms with van der Waals surface area (Å²) in [6.07, 6.45) is 1.60. The first kappa shape index (κ1) is 19.4. The Morgan fingerprint density at radius 1 is 1.35 bits per heavy atom. The molecule has 0 saturated carbocycles. The quantitative estimate of drug-likeness (QED) is 0.838. The van der Waals surface area contributed by atoms with Crippen molar-refractivity contribution in [1.29, 1.82) is 0 Å². The van der Waals surface area contributed by atoms with Crippen LogP contribution in [0.15, 0.2) is 41.0 Å². The maximum atomic E-state index is 12.5. The fourth-order valence-electron chi connectivity index (χ4n) is 2.14. The number of nitrogens with two attached hydrogens (primary N) is 1. The molecule has 0 aliphatic heterocycles. The summed E-state index contributed by atoms with van der Waals surface area (Å²) in [6.45, 7) is 0.756. The minimum absolute atomic E-state index is 0. The molecule has 0 saturated heterocycles. The minimum Gasteiger partial charge on any atom is -0.496 e. The molecule has 124 valence electrons. The van der Waals surface area contributed by atoms with E-state index in [1.807, 2.05) is 18.2 Å². The Kier molecular flexibility index (Phi) is 7.48. The number of carbonyl (C=O) groups is 1. The molecule has 1 aromatic carbocycles. The van der Waals surface area contributed by atoms with E-state index in [0.717, 1.165) is 15.8 Å². The predicted molar refractivity (Wildman–Crippen MR) is 95.9 cm³/mol. The summed E-state index contributed by atoms with van der Waals surface area (Å²) in [5.41, 5.74) is 7.76. The topological polar surface area (TPSA) is 68.5 Å². The van der Waals surface area contributed by atoms with E-state index >= 15 is 0 Å². The number of pyridine rings is 1. The maximum absolute atomic E-state index is 12.5. The number of hydrogen-bond donors (Lipinski definition) is 1. The van der Waals surface area contributed by atoms with E-state index in [0.29, 0.717) is 24.3 Å². The molecule has 1 amide bonds. The predicted octanol–water partition coefficient (Wildman–Crippen LogP) is 3.01. The van der Waals surface area contributed by atoms with Crippen molar-refractivity contribution < 1.29 is 9.53 Å². The first-order valence-electron chi connectivity index (χ1n) is 6.78. The Balaban J connectivity index is 0.00000264. The number of carbonyl (C=O) groups excluding carboxylic acids is 1. The zero-order valence-electron chi connectivity index (χ0n) is 13.0. The molecule has 2 aromatic rings. The number of methoxy groups -OCH3 is 1. The molecule has 0 fully saturated rings. The number of nitrogens with zero attached hydrogens (tertiary/aromatic N) is 2. The largest absolute Gasteiger partial charge is 0.496 e. The molecule has 0 aliphatic carbocycles. The van der Waals surface area contributed by atoms with Crippen LogP contribution in [0.5, 0.6) is 5.75 Å². The Bertz CT molecular complexity index is 682. The molecule has 0 aliphatic rings. The summed E-state index contributed by atoms with van der Waals surface area (Å²) in [5.74, 6) is 0.666. The Morgan fingerprint density at radius 2 is 2.09 bits per heavy atom. The third-order valence-corrected chi connectivity index (χ3v) is 3.76. The molecular formula is C16H19BrClN3O2. The third-order valence-electron chi connectivity index (χ3n) is 3.27. The van der Waals surface area contributed by atoms with Crippen molar-refractivity contribution >= 4 is 34.2 Å². The van der Waals surface area contributed by atoms with Crippen LogP contribution in [-0.4, -0.2) is 29.9 Å². The van der Waals surface area contributed by atoms with Crippen molar-refractivity contribution in [2.24, 2.45) is 5.73 Å². The molecule has 7 heteroatoms. The van der Waals surface area contributed by atoms with E-state index in [1.165, 1.54) is 0 Å². The monoisotopic (exact) mass is 399 g/mol. The lowest BCUT2D eigenvalue weighted by atomic mass is 10.1. The standard InChI is InChI=1S/C16H18BrN3O2.ClH/c1-20(10-12-7-13(17)3-4-15(12)22-2)16(21)11-5-6-19-14(8-11)9-18;/h3-8H,9-10,18H2,1-2H3;1H. The summed E-state index contributed by atoms with van der Waals surface area (Å²) in [4.78, 5) is 18.2. The van der Waals surface area contributed by atoms with Gasteiger partial charge in [-0.3, -0.25) is 9.78 Å². The van der Waals surface area contributed by atoms with Gasteiger partial charge in [-0.1, -0.05) is 15.9 Å². The fraction of sp³-hybridized carbons (Fsp3) is 0.250. The molecule has 0 atom stereocenters. The normalized spacial score (nSPS) is 9.91. The lowest BCUT2D eigenvalue weighted by Gasteiger charge is -2.19. The van der Waals surface area contributed by atoms with Gasteiger partial charge in [-0.2, -0.15) is 0 Å². The summed E-state index contributed by atoms with van der Waals surface area (Å²) in [5, 5.41) is 0. The molecule has 0 radical (unpaired) electrons. The third kappa shape index (κ3) is 4.92. The summed E-state index contributed by atoms with van der Waals surface area (Å²) in [7, 11) is 3.37. The van der Waals surface area contributed by atoms with E-state index in [4.69, 9.17) is 10.5 Å². The zero-order chi connectivity index (χ0) is 16.1. The molecule has 5 nitrogen and oxygen atoms in total. The molecular weight excluding hydrogens is 382 g/mol. The Hall–Kier alpha value is -1.63. The van der Waals surface area contributed by atoms with Crippen molar-refractivity contribution in [2.75, 3.05) is 14.2 Å². The molecule has 0 unspecified atom stereocenters. The van der Waals surface area contributed by atoms with Crippen LogP contribution < -0.4 is 10.5 Å². The van der Waals surface area contributed by atoms with Gasteiger partial charge in [-0.25, -0.2) is 0 Å². The summed E-state index contributed by atoms with van der Waals surface area (Å²) < 4.78 is 6.28. The van der Waals surface area contributed by atoms with E-state index in [9.17, 15) is 4.79 Å². The lowest BCUT2D eigenvalue weighted by Crippen LogP contribution is -2.26. The van der Waals surface area contributed by atoms with Crippen LogP contribution in [-0.2, 0) is 13.1 Å². The first-order valence-corrected chi connectivity index (χ1v) is 7.57. The zero-order valence-corrected chi connectivity index (χ0v) is 15.4. The summed E-state index contributed by atoms with van der Waals surface area (Å²) >= 11 is 3.44. The number of hydrogen-bond acceptors (Lipinski definition) is 4. The van der Waals surface area contributed by atoms with Crippen molar-refractivity contribution in [3.8, 4) is 5.75 Å². The minimum atomic E-state index is -0.0841. The molecule has 0 spiro atoms. The number of amides is 1. The molecule has 2 rings (SSSR count). The van der Waals surface area contributed by atoms with Crippen LogP contribution in [0, 0.1) is 0 Å². The lowest BCUT2D eigenvalue weighted by molar-refractivity contribution is 0.0784. The SMILES string of the molecule is COc1ccc(Br)cc1CN(C)C(=O)c1ccnc(CN)c1.Cl. The fourth-order valence-corrected chi connectivity index (χ4v) is 2.55. The van der Waals surface area contributed by atoms with Gasteiger partial charge in [-0.05, 0) is 30.3 Å². The molecule has 0 bridgehead atoms. The van der Waals surface area contributed by atoms with Gasteiger partial charge in [0.1, 0.15) is 5.75 Å². The second-order valence-electron chi connectivity index (χ2n) is 4.86. The second kappa shape index (κ2) is 8.86. The van der Waals surface area contributed by atoms with Crippen LogP contribution in [0.2, 0.25) is 0 Å². The van der Waals surface area contributed by atoms with Crippen LogP contribution in [0.3, 0.4) is 0 Å². The van der Waals surface area contributed by atoms with Gasteiger partial charge >= 0.3 is 0 Å². The second-order valence-corrected chi connectivity index (χ2v) is 5.77. The first-order chi connectivity index (χ1) is 10.5. The average Bonchev–Trinajstić information content (AvgIpc) is 2.54. The van der Waals surface area contributed by atoms with Crippen molar-refractivity contribution in [3.05, 3.63) is 57.8 Å². The van der Waals surface area contributed by atoms with E-state index in [-0.39, 0.29) is 18.3 Å². The van der Waals surface area contributed by atoms with Crippen molar-refractivity contribution in [2.45, 2.75) is 13.1 Å². The molecule has 1 aromatic heterocycles. The van der Waals surface area contributed by atoms with Gasteiger partial charge < -0.3 is 15.4 Å². The van der Waals surface area contributed by atoms with Crippen LogP contribution >= 0.6 is 28.3 Å². The van der Waals surface area contributed by atoms with Crippen molar-refractivity contribution in [3.63, 3.8) is 0 Å². The van der Waals surface area contributed by atoms with E-state index in [1.54, 1.807) is 37.4 Å². The van der Waals surface area contributed by atoms with Gasteiger partial charge in [0, 0.05) is 41.9 Å². The highest BCUT2D eigenvalue weighted by molar-refractivity contribution is 9.10. The van der Waals surface area contributed by atoms with Crippen LogP contribution in [0.4, 0.5) is 0 Å². The van der Waals surface area contributed by atoms with Crippen LogP contribution in [0.25, 0.3) is 0 Å². The number of rotatable bonds is 5. The van der Waals surface area contributed by atoms with Gasteiger partial charge in [-0.15, -0.1) is 12.4 Å².